The number of ether oxygens (including phenoxy) is 1. The maximum absolute atomic E-state index is 15.4. The fourth-order valence-corrected chi connectivity index (χ4v) is 5.09. The van der Waals surface area contributed by atoms with Crippen molar-refractivity contribution in [3.8, 4) is 28.6 Å². The molecule has 0 aliphatic heterocycles. The largest absolute Gasteiger partial charge is 0.474 e. The van der Waals surface area contributed by atoms with E-state index in [2.05, 4.69) is 14.4 Å². The molecule has 2 aromatic heterocycles. The lowest BCUT2D eigenvalue weighted by Crippen LogP contribution is -2.20. The molecule has 0 saturated heterocycles. The van der Waals surface area contributed by atoms with Crippen LogP contribution >= 0.6 is 0 Å². The summed E-state index contributed by atoms with van der Waals surface area (Å²) in [7, 11) is -4.08. The van der Waals surface area contributed by atoms with Gasteiger partial charge in [-0.25, -0.2) is 21.6 Å². The Labute approximate surface area is 224 Å². The summed E-state index contributed by atoms with van der Waals surface area (Å²) in [6.45, 7) is 1.42. The molecular weight excluding hydrogens is 549 g/mol. The van der Waals surface area contributed by atoms with Gasteiger partial charge in [0.05, 0.1) is 16.1 Å². The molecule has 0 bridgehead atoms. The zero-order chi connectivity index (χ0) is 28.6. The Morgan fingerprint density at radius 3 is 2.45 bits per heavy atom. The molecule has 0 aliphatic rings. The van der Waals surface area contributed by atoms with Gasteiger partial charge in [-0.05, 0) is 55.0 Å². The van der Waals surface area contributed by atoms with Crippen LogP contribution in [0, 0.1) is 28.8 Å². The molecule has 0 fully saturated rings. The standard InChI is InChI=1S/C27H17F3N4O5S/c1-15(14-31)39-25-12-21(17-8-18(28)11-19(29)9-17)22(30)13-24(25)34-23-4-3-20(10-16(23)2-5-27(34)35)40(36,37)33-26-6-7-38-32-26/h2-13,15H,1H3,(H,32,33)/t15-/m1/s1. The van der Waals surface area contributed by atoms with Crippen LogP contribution in [0.5, 0.6) is 5.75 Å². The van der Waals surface area contributed by atoms with E-state index in [9.17, 15) is 27.3 Å². The summed E-state index contributed by atoms with van der Waals surface area (Å²) in [6.07, 6.45) is 0.144. The first-order valence-electron chi connectivity index (χ1n) is 11.5. The molecule has 1 atom stereocenters. The third-order valence-corrected chi connectivity index (χ3v) is 7.15. The third-order valence-electron chi connectivity index (χ3n) is 5.80. The summed E-state index contributed by atoms with van der Waals surface area (Å²) in [5, 5.41) is 13.1. The maximum atomic E-state index is 15.4. The molecule has 2 heterocycles. The van der Waals surface area contributed by atoms with Crippen molar-refractivity contribution >= 4 is 26.7 Å². The molecule has 0 radical (unpaired) electrons. The number of nitrogens with zero attached hydrogens (tertiary/aromatic N) is 3. The van der Waals surface area contributed by atoms with Crippen LogP contribution in [0.4, 0.5) is 19.0 Å². The molecule has 5 aromatic rings. The highest BCUT2D eigenvalue weighted by Gasteiger charge is 2.21. The number of sulfonamides is 1. The lowest BCUT2D eigenvalue weighted by atomic mass is 10.0. The molecule has 3 aromatic carbocycles. The number of aromatic nitrogens is 2. The van der Waals surface area contributed by atoms with Crippen LogP contribution in [0.2, 0.25) is 0 Å². The Balaban J connectivity index is 1.69. The molecule has 13 heteroatoms. The van der Waals surface area contributed by atoms with Crippen molar-refractivity contribution in [3.05, 3.63) is 101 Å². The Hall–Kier alpha value is -5.09. The van der Waals surface area contributed by atoms with Gasteiger partial charge in [0.2, 0.25) is 0 Å². The second-order valence-electron chi connectivity index (χ2n) is 8.56. The quantitative estimate of drug-likeness (QED) is 0.288. The van der Waals surface area contributed by atoms with Crippen LogP contribution in [-0.2, 0) is 10.0 Å². The molecule has 0 aliphatic carbocycles. The first kappa shape index (κ1) is 26.5. The van der Waals surface area contributed by atoms with Crippen molar-refractivity contribution < 1.29 is 30.8 Å². The average molecular weight is 567 g/mol. The van der Waals surface area contributed by atoms with Crippen LogP contribution in [0.25, 0.3) is 27.7 Å². The minimum absolute atomic E-state index is 0.0350. The Morgan fingerprint density at radius 1 is 1.02 bits per heavy atom. The maximum Gasteiger partial charge on any atom is 0.263 e. The summed E-state index contributed by atoms with van der Waals surface area (Å²) in [6, 6.07) is 14.2. The van der Waals surface area contributed by atoms with E-state index < -0.39 is 39.1 Å². The van der Waals surface area contributed by atoms with Crippen molar-refractivity contribution in [2.75, 3.05) is 4.72 Å². The number of halogens is 3. The molecule has 0 saturated carbocycles. The summed E-state index contributed by atoms with van der Waals surface area (Å²) >= 11 is 0. The molecular formula is C27H17F3N4O5S. The lowest BCUT2D eigenvalue weighted by molar-refractivity contribution is 0.275. The van der Waals surface area contributed by atoms with Gasteiger partial charge in [0, 0.05) is 35.2 Å². The number of rotatable bonds is 7. The van der Waals surface area contributed by atoms with Gasteiger partial charge in [-0.3, -0.25) is 14.1 Å². The number of benzene rings is 3. The van der Waals surface area contributed by atoms with E-state index in [1.807, 2.05) is 6.07 Å². The summed E-state index contributed by atoms with van der Waals surface area (Å²) in [5.74, 6) is -2.96. The third kappa shape index (κ3) is 5.12. The summed E-state index contributed by atoms with van der Waals surface area (Å²) in [4.78, 5) is 12.9. The van der Waals surface area contributed by atoms with E-state index in [0.717, 1.165) is 34.9 Å². The van der Waals surface area contributed by atoms with Gasteiger partial charge in [-0.15, -0.1) is 0 Å². The Morgan fingerprint density at radius 2 is 1.77 bits per heavy atom. The number of fused-ring (bicyclic) bond motifs is 1. The molecule has 5 rings (SSSR count). The number of nitrogens with one attached hydrogen (secondary N) is 1. The number of pyridine rings is 1. The SMILES string of the molecule is C[C@H](C#N)Oc1cc(-c2cc(F)cc(F)c2)c(F)cc1-n1c(=O)ccc2cc(S(=O)(=O)Nc3ccon3)ccc21. The lowest BCUT2D eigenvalue weighted by Gasteiger charge is -2.18. The zero-order valence-corrected chi connectivity index (χ0v) is 21.2. The second-order valence-corrected chi connectivity index (χ2v) is 10.2. The zero-order valence-electron chi connectivity index (χ0n) is 20.4. The Bertz CT molecular complexity index is 1950. The van der Waals surface area contributed by atoms with Crippen molar-refractivity contribution in [3.63, 3.8) is 0 Å². The highest BCUT2D eigenvalue weighted by atomic mass is 32.2. The average Bonchev–Trinajstić information content (AvgIpc) is 3.41. The van der Waals surface area contributed by atoms with Crippen molar-refractivity contribution in [2.45, 2.75) is 17.9 Å². The molecule has 0 spiro atoms. The van der Waals surface area contributed by atoms with E-state index in [-0.39, 0.29) is 38.8 Å². The van der Waals surface area contributed by atoms with Gasteiger partial charge in [-0.1, -0.05) is 5.16 Å². The number of anilines is 1. The molecule has 9 nitrogen and oxygen atoms in total. The highest BCUT2D eigenvalue weighted by molar-refractivity contribution is 7.92. The van der Waals surface area contributed by atoms with Gasteiger partial charge >= 0.3 is 0 Å². The summed E-state index contributed by atoms with van der Waals surface area (Å²) < 4.78 is 82.5. The van der Waals surface area contributed by atoms with Crippen LogP contribution in [0.3, 0.4) is 0 Å². The van der Waals surface area contributed by atoms with E-state index in [1.54, 1.807) is 0 Å². The molecule has 1 N–H and O–H groups in total. The van der Waals surface area contributed by atoms with Gasteiger partial charge in [-0.2, -0.15) is 5.26 Å². The van der Waals surface area contributed by atoms with Gasteiger partial charge in [0.1, 0.15) is 35.5 Å². The van der Waals surface area contributed by atoms with E-state index in [0.29, 0.717) is 11.5 Å². The monoisotopic (exact) mass is 566 g/mol. The van der Waals surface area contributed by atoms with Gasteiger partial charge in [0.15, 0.2) is 11.9 Å². The topological polar surface area (TPSA) is 127 Å². The molecule has 202 valence electrons. The van der Waals surface area contributed by atoms with Crippen LogP contribution in [0.15, 0.2) is 87.2 Å². The van der Waals surface area contributed by atoms with Crippen LogP contribution < -0.4 is 15.0 Å². The van der Waals surface area contributed by atoms with Gasteiger partial charge < -0.3 is 9.26 Å². The first-order valence-corrected chi connectivity index (χ1v) is 13.0. The molecule has 0 unspecified atom stereocenters. The first-order chi connectivity index (χ1) is 19.1. The van der Waals surface area contributed by atoms with Crippen molar-refractivity contribution in [2.24, 2.45) is 0 Å². The van der Waals surface area contributed by atoms with Gasteiger partial charge in [0.25, 0.3) is 15.6 Å². The predicted octanol–water partition coefficient (Wildman–Crippen LogP) is 5.15. The van der Waals surface area contributed by atoms with Crippen LogP contribution in [-0.4, -0.2) is 24.2 Å². The van der Waals surface area contributed by atoms with Crippen LogP contribution in [0.1, 0.15) is 6.92 Å². The number of hydrogen-bond donors (Lipinski definition) is 1. The Kier molecular flexibility index (Phi) is 6.78. The van der Waals surface area contributed by atoms with Crippen molar-refractivity contribution in [1.82, 2.24) is 9.72 Å². The minimum Gasteiger partial charge on any atom is -0.474 e. The predicted molar refractivity (Wildman–Crippen MR) is 138 cm³/mol. The summed E-state index contributed by atoms with van der Waals surface area (Å²) in [5.41, 5.74) is -0.917. The molecule has 40 heavy (non-hydrogen) atoms. The normalized spacial score (nSPS) is 12.2. The fraction of sp³-hybridized carbons (Fsp3) is 0.0741. The highest BCUT2D eigenvalue weighted by Crippen LogP contribution is 2.35. The van der Waals surface area contributed by atoms with Crippen molar-refractivity contribution in [1.29, 1.82) is 5.26 Å². The fourth-order valence-electron chi connectivity index (χ4n) is 4.06. The number of nitriles is 1. The second kappa shape index (κ2) is 10.2. The minimum atomic E-state index is -4.08. The number of hydrogen-bond acceptors (Lipinski definition) is 7. The van der Waals surface area contributed by atoms with E-state index >= 15 is 4.39 Å². The van der Waals surface area contributed by atoms with E-state index in [4.69, 9.17) is 4.74 Å². The van der Waals surface area contributed by atoms with E-state index in [1.165, 1.54) is 43.5 Å². The molecule has 0 amide bonds. The smallest absolute Gasteiger partial charge is 0.263 e.